The average Bonchev–Trinajstić information content (AvgIpc) is 2.38. The summed E-state index contributed by atoms with van der Waals surface area (Å²) in [5.41, 5.74) is 0.816. The van der Waals surface area contributed by atoms with E-state index >= 15 is 0 Å². The highest BCUT2D eigenvalue weighted by Crippen LogP contribution is 2.39. The fraction of sp³-hybridized carbons (Fsp3) is 0.533. The molecule has 4 heteroatoms. The number of anilines is 1. The molecule has 1 fully saturated rings. The van der Waals surface area contributed by atoms with E-state index in [0.29, 0.717) is 6.54 Å². The SMILES string of the molecule is COc1ccccc1N1CCC(C)(C)C(C(=O)O)C1. The number of aliphatic carboxylic acids is 1. The molecule has 1 atom stereocenters. The Morgan fingerprint density at radius 1 is 1.42 bits per heavy atom. The topological polar surface area (TPSA) is 49.8 Å². The minimum Gasteiger partial charge on any atom is -0.495 e. The molecule has 1 N–H and O–H groups in total. The van der Waals surface area contributed by atoms with Crippen LogP contribution in [0.1, 0.15) is 20.3 Å². The first kappa shape index (κ1) is 13.7. The number of carbonyl (C=O) groups is 1. The fourth-order valence-corrected chi connectivity index (χ4v) is 2.68. The predicted octanol–water partition coefficient (Wildman–Crippen LogP) is 2.63. The number of hydrogen-bond donors (Lipinski definition) is 1. The number of rotatable bonds is 3. The molecule has 0 saturated carbocycles. The molecular formula is C15H21NO3. The van der Waals surface area contributed by atoms with E-state index in [1.807, 2.05) is 38.1 Å². The van der Waals surface area contributed by atoms with Crippen LogP contribution in [-0.2, 0) is 4.79 Å². The molecule has 0 radical (unpaired) electrons. The molecule has 1 aromatic carbocycles. The Labute approximate surface area is 114 Å². The second-order valence-electron chi connectivity index (χ2n) is 5.75. The lowest BCUT2D eigenvalue weighted by atomic mass is 9.73. The molecule has 2 rings (SSSR count). The Bertz CT molecular complexity index is 470. The quantitative estimate of drug-likeness (QED) is 0.910. The van der Waals surface area contributed by atoms with E-state index in [0.717, 1.165) is 24.4 Å². The second kappa shape index (κ2) is 5.11. The molecule has 1 unspecified atom stereocenters. The molecule has 1 aromatic rings. The molecule has 4 nitrogen and oxygen atoms in total. The van der Waals surface area contributed by atoms with E-state index in [9.17, 15) is 9.90 Å². The minimum absolute atomic E-state index is 0.162. The van der Waals surface area contributed by atoms with Crippen molar-refractivity contribution < 1.29 is 14.6 Å². The maximum atomic E-state index is 11.4. The van der Waals surface area contributed by atoms with Gasteiger partial charge in [0.15, 0.2) is 0 Å². The third-order valence-corrected chi connectivity index (χ3v) is 4.10. The number of hydrogen-bond acceptors (Lipinski definition) is 3. The summed E-state index contributed by atoms with van der Waals surface area (Å²) in [5.74, 6) is -0.276. The largest absolute Gasteiger partial charge is 0.495 e. The number of carboxylic acids is 1. The van der Waals surface area contributed by atoms with E-state index in [4.69, 9.17) is 4.74 Å². The smallest absolute Gasteiger partial charge is 0.308 e. The van der Waals surface area contributed by atoms with E-state index in [2.05, 4.69) is 4.90 Å². The zero-order valence-electron chi connectivity index (χ0n) is 11.7. The van der Waals surface area contributed by atoms with Crippen molar-refractivity contribution in [1.29, 1.82) is 0 Å². The monoisotopic (exact) mass is 263 g/mol. The van der Waals surface area contributed by atoms with Crippen LogP contribution >= 0.6 is 0 Å². The van der Waals surface area contributed by atoms with Crippen molar-refractivity contribution in [2.75, 3.05) is 25.1 Å². The van der Waals surface area contributed by atoms with Crippen LogP contribution in [0.2, 0.25) is 0 Å². The predicted molar refractivity (Wildman–Crippen MR) is 74.7 cm³/mol. The van der Waals surface area contributed by atoms with Crippen molar-refractivity contribution in [3.05, 3.63) is 24.3 Å². The van der Waals surface area contributed by atoms with Crippen LogP contribution in [0.5, 0.6) is 5.75 Å². The minimum atomic E-state index is -0.718. The van der Waals surface area contributed by atoms with Crippen LogP contribution in [0.4, 0.5) is 5.69 Å². The van der Waals surface area contributed by atoms with Crippen LogP contribution in [0, 0.1) is 11.3 Å². The molecule has 0 aliphatic carbocycles. The van der Waals surface area contributed by atoms with Gasteiger partial charge in [0.2, 0.25) is 0 Å². The van der Waals surface area contributed by atoms with Gasteiger partial charge < -0.3 is 14.7 Å². The highest BCUT2D eigenvalue weighted by atomic mass is 16.5. The Morgan fingerprint density at radius 3 is 2.74 bits per heavy atom. The van der Waals surface area contributed by atoms with Gasteiger partial charge in [0.05, 0.1) is 18.7 Å². The number of nitrogens with zero attached hydrogens (tertiary/aromatic N) is 1. The lowest BCUT2D eigenvalue weighted by Crippen LogP contribution is -2.48. The first-order chi connectivity index (χ1) is 8.95. The van der Waals surface area contributed by atoms with Gasteiger partial charge >= 0.3 is 5.97 Å². The zero-order valence-corrected chi connectivity index (χ0v) is 11.7. The fourth-order valence-electron chi connectivity index (χ4n) is 2.68. The van der Waals surface area contributed by atoms with Crippen LogP contribution < -0.4 is 9.64 Å². The van der Waals surface area contributed by atoms with Crippen LogP contribution in [-0.4, -0.2) is 31.3 Å². The third-order valence-electron chi connectivity index (χ3n) is 4.10. The molecule has 0 bridgehead atoms. The van der Waals surface area contributed by atoms with Gasteiger partial charge in [-0.05, 0) is 24.0 Å². The number of para-hydroxylation sites is 2. The lowest BCUT2D eigenvalue weighted by molar-refractivity contribution is -0.146. The van der Waals surface area contributed by atoms with Crippen molar-refractivity contribution in [1.82, 2.24) is 0 Å². The molecule has 1 aliphatic rings. The molecule has 1 saturated heterocycles. The number of ether oxygens (including phenoxy) is 1. The summed E-state index contributed by atoms with van der Waals surface area (Å²) in [5, 5.41) is 9.41. The Kier molecular flexibility index (Phi) is 3.69. The van der Waals surface area contributed by atoms with Gasteiger partial charge in [-0.25, -0.2) is 0 Å². The van der Waals surface area contributed by atoms with Crippen molar-refractivity contribution >= 4 is 11.7 Å². The Hall–Kier alpha value is -1.71. The first-order valence-electron chi connectivity index (χ1n) is 6.56. The summed E-state index contributed by atoms with van der Waals surface area (Å²) in [7, 11) is 1.64. The van der Waals surface area contributed by atoms with Gasteiger partial charge in [0, 0.05) is 13.1 Å². The number of carboxylic acid groups (broad SMARTS) is 1. The maximum Gasteiger partial charge on any atom is 0.308 e. The Balaban J connectivity index is 2.26. The molecule has 19 heavy (non-hydrogen) atoms. The molecule has 0 aromatic heterocycles. The highest BCUT2D eigenvalue weighted by Gasteiger charge is 2.40. The normalized spacial score (nSPS) is 22.1. The maximum absolute atomic E-state index is 11.4. The second-order valence-corrected chi connectivity index (χ2v) is 5.75. The molecular weight excluding hydrogens is 242 g/mol. The molecule has 104 valence electrons. The van der Waals surface area contributed by atoms with Crippen molar-refractivity contribution in [3.8, 4) is 5.75 Å². The van der Waals surface area contributed by atoms with Crippen molar-refractivity contribution in [2.45, 2.75) is 20.3 Å². The number of methoxy groups -OCH3 is 1. The van der Waals surface area contributed by atoms with Gasteiger partial charge in [-0.3, -0.25) is 4.79 Å². The van der Waals surface area contributed by atoms with Gasteiger partial charge in [-0.15, -0.1) is 0 Å². The summed E-state index contributed by atoms with van der Waals surface area (Å²) >= 11 is 0. The van der Waals surface area contributed by atoms with Gasteiger partial charge in [0.1, 0.15) is 5.75 Å². The molecule has 0 amide bonds. The standard InChI is InChI=1S/C15H21NO3/c1-15(2)8-9-16(10-11(15)14(17)18)12-6-4-5-7-13(12)19-3/h4-7,11H,8-10H2,1-3H3,(H,17,18). The van der Waals surface area contributed by atoms with Crippen molar-refractivity contribution in [2.24, 2.45) is 11.3 Å². The van der Waals surface area contributed by atoms with Gasteiger partial charge in [0.25, 0.3) is 0 Å². The summed E-state index contributed by atoms with van der Waals surface area (Å²) < 4.78 is 5.36. The van der Waals surface area contributed by atoms with Crippen LogP contribution in [0.15, 0.2) is 24.3 Å². The summed E-state index contributed by atoms with van der Waals surface area (Å²) in [6, 6.07) is 7.76. The first-order valence-corrected chi connectivity index (χ1v) is 6.56. The van der Waals surface area contributed by atoms with E-state index in [1.54, 1.807) is 7.11 Å². The van der Waals surface area contributed by atoms with E-state index in [1.165, 1.54) is 0 Å². The Morgan fingerprint density at radius 2 is 2.11 bits per heavy atom. The summed E-state index contributed by atoms with van der Waals surface area (Å²) in [6.45, 7) is 5.45. The number of piperidine rings is 1. The lowest BCUT2D eigenvalue weighted by Gasteiger charge is -2.43. The summed E-state index contributed by atoms with van der Waals surface area (Å²) in [4.78, 5) is 13.6. The third kappa shape index (κ3) is 2.67. The van der Waals surface area contributed by atoms with Gasteiger partial charge in [-0.1, -0.05) is 26.0 Å². The zero-order chi connectivity index (χ0) is 14.0. The van der Waals surface area contributed by atoms with Gasteiger partial charge in [-0.2, -0.15) is 0 Å². The molecule has 1 heterocycles. The van der Waals surface area contributed by atoms with Crippen LogP contribution in [0.25, 0.3) is 0 Å². The van der Waals surface area contributed by atoms with Crippen LogP contribution in [0.3, 0.4) is 0 Å². The summed E-state index contributed by atoms with van der Waals surface area (Å²) in [6.07, 6.45) is 0.863. The molecule has 0 spiro atoms. The van der Waals surface area contributed by atoms with E-state index < -0.39 is 5.97 Å². The average molecular weight is 263 g/mol. The van der Waals surface area contributed by atoms with E-state index in [-0.39, 0.29) is 11.3 Å². The number of benzene rings is 1. The highest BCUT2D eigenvalue weighted by molar-refractivity contribution is 5.73. The molecule has 1 aliphatic heterocycles. The van der Waals surface area contributed by atoms with Crippen molar-refractivity contribution in [3.63, 3.8) is 0 Å².